The van der Waals surface area contributed by atoms with Gasteiger partial charge in [-0.1, -0.05) is 6.92 Å². The zero-order valence-corrected chi connectivity index (χ0v) is 12.0. The molecule has 0 saturated heterocycles. The van der Waals surface area contributed by atoms with Gasteiger partial charge in [0.05, 0.1) is 9.40 Å². The normalized spacial score (nSPS) is 11.9. The van der Waals surface area contributed by atoms with E-state index in [0.717, 1.165) is 0 Å². The lowest BCUT2D eigenvalue weighted by molar-refractivity contribution is -0.385. The monoisotopic (exact) mass is 330 g/mol. The Kier molecular flexibility index (Phi) is 5.91. The standard InChI is InChI=1S/C12H15BrN2O4/c1-8(4-5-16)7-14-12(17)9-2-3-10(13)11(6-9)15(18)19/h2-3,6,8,16H,4-5,7H2,1H3,(H,14,17). The van der Waals surface area contributed by atoms with E-state index in [4.69, 9.17) is 5.11 Å². The predicted octanol–water partition coefficient (Wildman–Crippen LogP) is 2.11. The fourth-order valence-electron chi connectivity index (χ4n) is 1.49. The number of hydrogen-bond donors (Lipinski definition) is 2. The number of carbonyl (C=O) groups is 1. The first-order valence-corrected chi connectivity index (χ1v) is 6.58. The molecule has 0 radical (unpaired) electrons. The molecule has 1 amide bonds. The Hall–Kier alpha value is -1.47. The van der Waals surface area contributed by atoms with Crippen molar-refractivity contribution in [1.82, 2.24) is 5.32 Å². The molecule has 104 valence electrons. The van der Waals surface area contributed by atoms with Crippen LogP contribution < -0.4 is 5.32 Å². The van der Waals surface area contributed by atoms with Crippen LogP contribution in [0.3, 0.4) is 0 Å². The average Bonchev–Trinajstić information content (AvgIpc) is 2.36. The Labute approximate surface area is 119 Å². The number of nitro benzene ring substituents is 1. The highest BCUT2D eigenvalue weighted by Gasteiger charge is 2.16. The van der Waals surface area contributed by atoms with Crippen LogP contribution in [0.25, 0.3) is 0 Å². The molecule has 0 fully saturated rings. The Morgan fingerprint density at radius 1 is 1.58 bits per heavy atom. The van der Waals surface area contributed by atoms with Gasteiger partial charge < -0.3 is 10.4 Å². The molecule has 0 saturated carbocycles. The van der Waals surface area contributed by atoms with Gasteiger partial charge in [0.2, 0.25) is 0 Å². The van der Waals surface area contributed by atoms with Gasteiger partial charge in [0, 0.05) is 24.8 Å². The first-order valence-electron chi connectivity index (χ1n) is 5.78. The van der Waals surface area contributed by atoms with E-state index in [0.29, 0.717) is 17.4 Å². The van der Waals surface area contributed by atoms with E-state index in [-0.39, 0.29) is 29.7 Å². The minimum Gasteiger partial charge on any atom is -0.396 e. The molecule has 0 aromatic heterocycles. The summed E-state index contributed by atoms with van der Waals surface area (Å²) in [6, 6.07) is 4.23. The lowest BCUT2D eigenvalue weighted by Gasteiger charge is -2.11. The maximum Gasteiger partial charge on any atom is 0.284 e. The third kappa shape index (κ3) is 4.60. The Bertz CT molecular complexity index is 479. The minimum atomic E-state index is -0.546. The van der Waals surface area contributed by atoms with Crippen LogP contribution >= 0.6 is 15.9 Å². The minimum absolute atomic E-state index is 0.0702. The van der Waals surface area contributed by atoms with Gasteiger partial charge in [0.25, 0.3) is 11.6 Å². The van der Waals surface area contributed by atoms with Crippen molar-refractivity contribution in [3.8, 4) is 0 Å². The van der Waals surface area contributed by atoms with Gasteiger partial charge in [-0.15, -0.1) is 0 Å². The van der Waals surface area contributed by atoms with Crippen LogP contribution in [0, 0.1) is 16.0 Å². The Morgan fingerprint density at radius 3 is 2.84 bits per heavy atom. The van der Waals surface area contributed by atoms with E-state index >= 15 is 0 Å². The largest absolute Gasteiger partial charge is 0.396 e. The highest BCUT2D eigenvalue weighted by Crippen LogP contribution is 2.25. The molecule has 19 heavy (non-hydrogen) atoms. The maximum atomic E-state index is 11.8. The van der Waals surface area contributed by atoms with Crippen molar-refractivity contribution in [1.29, 1.82) is 0 Å². The van der Waals surface area contributed by atoms with Crippen molar-refractivity contribution in [2.75, 3.05) is 13.2 Å². The Balaban J connectivity index is 2.72. The van der Waals surface area contributed by atoms with Gasteiger partial charge in [0.1, 0.15) is 0 Å². The van der Waals surface area contributed by atoms with Crippen molar-refractivity contribution in [3.05, 3.63) is 38.3 Å². The molecule has 0 aliphatic heterocycles. The molecule has 0 aliphatic rings. The summed E-state index contributed by atoms with van der Waals surface area (Å²) in [6.45, 7) is 2.39. The molecule has 1 atom stereocenters. The molecule has 1 aromatic carbocycles. The summed E-state index contributed by atoms with van der Waals surface area (Å²) >= 11 is 3.06. The van der Waals surface area contributed by atoms with Gasteiger partial charge in [-0.2, -0.15) is 0 Å². The average molecular weight is 331 g/mol. The van der Waals surface area contributed by atoms with Crippen LogP contribution in [-0.2, 0) is 0 Å². The number of rotatable bonds is 6. The molecule has 1 rings (SSSR count). The zero-order chi connectivity index (χ0) is 14.4. The van der Waals surface area contributed by atoms with Crippen LogP contribution in [0.4, 0.5) is 5.69 Å². The highest BCUT2D eigenvalue weighted by molar-refractivity contribution is 9.10. The predicted molar refractivity (Wildman–Crippen MR) is 74.0 cm³/mol. The molecule has 1 unspecified atom stereocenters. The number of amides is 1. The summed E-state index contributed by atoms with van der Waals surface area (Å²) in [5, 5.41) is 22.2. The van der Waals surface area contributed by atoms with Crippen LogP contribution in [0.5, 0.6) is 0 Å². The fraction of sp³-hybridized carbons (Fsp3) is 0.417. The van der Waals surface area contributed by atoms with Crippen LogP contribution in [0.15, 0.2) is 22.7 Å². The number of nitro groups is 1. The van der Waals surface area contributed by atoms with Gasteiger partial charge in [-0.3, -0.25) is 14.9 Å². The lowest BCUT2D eigenvalue weighted by atomic mass is 10.1. The van der Waals surface area contributed by atoms with Crippen molar-refractivity contribution in [3.63, 3.8) is 0 Å². The van der Waals surface area contributed by atoms with Gasteiger partial charge in [-0.05, 0) is 40.4 Å². The summed E-state index contributed by atoms with van der Waals surface area (Å²) in [5.41, 5.74) is 0.0992. The first-order chi connectivity index (χ1) is 8.95. The molecule has 6 nitrogen and oxygen atoms in total. The molecular formula is C12H15BrN2O4. The van der Waals surface area contributed by atoms with Gasteiger partial charge >= 0.3 is 0 Å². The van der Waals surface area contributed by atoms with Crippen LogP contribution in [0.2, 0.25) is 0 Å². The molecule has 7 heteroatoms. The van der Waals surface area contributed by atoms with E-state index in [9.17, 15) is 14.9 Å². The second-order valence-electron chi connectivity index (χ2n) is 4.25. The molecular weight excluding hydrogens is 316 g/mol. The topological polar surface area (TPSA) is 92.5 Å². The van der Waals surface area contributed by atoms with Crippen molar-refractivity contribution in [2.24, 2.45) is 5.92 Å². The van der Waals surface area contributed by atoms with E-state index in [1.807, 2.05) is 6.92 Å². The number of aliphatic hydroxyl groups is 1. The molecule has 0 spiro atoms. The van der Waals surface area contributed by atoms with E-state index in [1.54, 1.807) is 0 Å². The van der Waals surface area contributed by atoms with E-state index in [2.05, 4.69) is 21.2 Å². The van der Waals surface area contributed by atoms with Crippen molar-refractivity contribution in [2.45, 2.75) is 13.3 Å². The van der Waals surface area contributed by atoms with Crippen molar-refractivity contribution < 1.29 is 14.8 Å². The van der Waals surface area contributed by atoms with E-state index < -0.39 is 4.92 Å². The SMILES string of the molecule is CC(CCO)CNC(=O)c1ccc(Br)c([N+](=O)[O-])c1. The molecule has 1 aromatic rings. The third-order valence-electron chi connectivity index (χ3n) is 2.64. The second-order valence-corrected chi connectivity index (χ2v) is 5.11. The molecule has 0 aliphatic carbocycles. The van der Waals surface area contributed by atoms with E-state index in [1.165, 1.54) is 18.2 Å². The summed E-state index contributed by atoms with van der Waals surface area (Å²) in [7, 11) is 0. The fourth-order valence-corrected chi connectivity index (χ4v) is 1.88. The number of carbonyl (C=O) groups excluding carboxylic acids is 1. The number of nitrogens with one attached hydrogen (secondary N) is 1. The quantitative estimate of drug-likeness (QED) is 0.617. The van der Waals surface area contributed by atoms with Gasteiger partial charge in [0.15, 0.2) is 0 Å². The number of hydrogen-bond acceptors (Lipinski definition) is 4. The van der Waals surface area contributed by atoms with Gasteiger partial charge in [-0.25, -0.2) is 0 Å². The van der Waals surface area contributed by atoms with Crippen molar-refractivity contribution >= 4 is 27.5 Å². The first kappa shape index (κ1) is 15.6. The summed E-state index contributed by atoms with van der Waals surface area (Å²) in [6.07, 6.45) is 0.598. The number of benzene rings is 1. The zero-order valence-electron chi connectivity index (χ0n) is 10.4. The van der Waals surface area contributed by atoms with Crippen LogP contribution in [0.1, 0.15) is 23.7 Å². The Morgan fingerprint density at radius 2 is 2.26 bits per heavy atom. The molecule has 2 N–H and O–H groups in total. The lowest BCUT2D eigenvalue weighted by Crippen LogP contribution is -2.28. The number of halogens is 1. The number of aliphatic hydroxyl groups excluding tert-OH is 1. The summed E-state index contributed by atoms with van der Waals surface area (Å²) < 4.78 is 0.336. The second kappa shape index (κ2) is 7.20. The third-order valence-corrected chi connectivity index (χ3v) is 3.31. The molecule has 0 bridgehead atoms. The van der Waals surface area contributed by atoms with Crippen LogP contribution in [-0.4, -0.2) is 29.1 Å². The maximum absolute atomic E-state index is 11.8. The highest BCUT2D eigenvalue weighted by atomic mass is 79.9. The smallest absolute Gasteiger partial charge is 0.284 e. The summed E-state index contributed by atoms with van der Waals surface area (Å²) in [5.74, 6) is -0.209. The molecule has 0 heterocycles. The summed E-state index contributed by atoms with van der Waals surface area (Å²) in [4.78, 5) is 22.0. The number of nitrogens with zero attached hydrogens (tertiary/aromatic N) is 1.